The van der Waals surface area contributed by atoms with Gasteiger partial charge in [0.2, 0.25) is 0 Å². The first-order chi connectivity index (χ1) is 8.41. The largest absolute Gasteiger partial charge is 0.262 e. The zero-order valence-electron chi connectivity index (χ0n) is 11.2. The molecule has 0 spiro atoms. The van der Waals surface area contributed by atoms with E-state index >= 15 is 0 Å². The smallest absolute Gasteiger partial charge is 0.0704 e. The molecule has 0 fully saturated rings. The predicted molar refractivity (Wildman–Crippen MR) is 65.4 cm³/mol. The molecule has 0 radical (unpaired) electrons. The summed E-state index contributed by atoms with van der Waals surface area (Å²) in [7, 11) is 0. The van der Waals surface area contributed by atoms with Crippen molar-refractivity contribution in [1.82, 2.24) is 14.8 Å². The lowest BCUT2D eigenvalue weighted by Gasteiger charge is -2.12. The summed E-state index contributed by atoms with van der Waals surface area (Å²) in [5.41, 5.74) is 1.70. The van der Waals surface area contributed by atoms with Gasteiger partial charge >= 0.3 is 0 Å². The molecule has 2 rings (SSSR count). The molecule has 0 bridgehead atoms. The minimum Gasteiger partial charge on any atom is -0.262 e. The summed E-state index contributed by atoms with van der Waals surface area (Å²) < 4.78 is 17.1. The van der Waals surface area contributed by atoms with Crippen LogP contribution in [-0.2, 0) is 5.83 Å². The summed E-state index contributed by atoms with van der Waals surface area (Å²) in [5.74, 6) is -2.00. The topological polar surface area (TPSA) is 30.7 Å². The van der Waals surface area contributed by atoms with Crippen LogP contribution in [0.25, 0.3) is 11.3 Å². The van der Waals surface area contributed by atoms with Gasteiger partial charge in [0, 0.05) is 24.0 Å². The quantitative estimate of drug-likeness (QED) is 0.768. The van der Waals surface area contributed by atoms with Gasteiger partial charge in [0.05, 0.1) is 20.0 Å². The number of rotatable bonds is 3. The van der Waals surface area contributed by atoms with Gasteiger partial charge in [-0.25, -0.2) is 0 Å². The normalized spacial score (nSPS) is 13.8. The van der Waals surface area contributed by atoms with Crippen LogP contribution in [0.3, 0.4) is 0 Å². The minimum absolute atomic E-state index is 0.184. The third-order valence-electron chi connectivity index (χ3n) is 2.33. The van der Waals surface area contributed by atoms with Gasteiger partial charge < -0.3 is 0 Å². The molecular formula is C12H14ClN3. The fourth-order valence-corrected chi connectivity index (χ4v) is 1.78. The van der Waals surface area contributed by atoms with Crippen LogP contribution >= 0.6 is 11.6 Å². The van der Waals surface area contributed by atoms with Gasteiger partial charge in [0.25, 0.3) is 0 Å². The first-order valence-electron chi connectivity index (χ1n) is 6.09. The third kappa shape index (κ3) is 1.95. The summed E-state index contributed by atoms with van der Waals surface area (Å²) in [6, 6.07) is 5.59. The Morgan fingerprint density at radius 3 is 2.94 bits per heavy atom. The van der Waals surface area contributed by atoms with E-state index in [1.807, 2.05) is 24.6 Å². The highest BCUT2D eigenvalue weighted by molar-refractivity contribution is 6.17. The Labute approximate surface area is 103 Å². The van der Waals surface area contributed by atoms with E-state index in [2.05, 4.69) is 10.1 Å². The van der Waals surface area contributed by atoms with Gasteiger partial charge in [-0.1, -0.05) is 0 Å². The first kappa shape index (κ1) is 8.76. The molecule has 0 unspecified atom stereocenters. The molecule has 0 aliphatic carbocycles. The average molecular weight is 238 g/mol. The number of pyridine rings is 1. The highest BCUT2D eigenvalue weighted by Crippen LogP contribution is 2.25. The van der Waals surface area contributed by atoms with Gasteiger partial charge in [-0.05, 0) is 32.0 Å². The van der Waals surface area contributed by atoms with E-state index in [1.54, 1.807) is 18.3 Å². The van der Waals surface area contributed by atoms with Crippen molar-refractivity contribution in [2.45, 2.75) is 25.7 Å². The fourth-order valence-electron chi connectivity index (χ4n) is 1.63. The summed E-state index contributed by atoms with van der Waals surface area (Å²) in [4.78, 5) is 4.06. The molecule has 0 saturated carbocycles. The molecule has 0 atom stereocenters. The highest BCUT2D eigenvalue weighted by Gasteiger charge is 2.11. The predicted octanol–water partition coefficient (Wildman–Crippen LogP) is 3.26. The Hall–Kier alpha value is -1.35. The van der Waals surface area contributed by atoms with Crippen LogP contribution in [0.1, 0.15) is 28.3 Å². The van der Waals surface area contributed by atoms with Gasteiger partial charge in [-0.15, -0.1) is 11.6 Å². The number of nitrogens with zero attached hydrogens (tertiary/aromatic N) is 3. The SMILES string of the molecule is [2H]C([2H])(Cl)c1ncccc1-c1ccnn1C(C)C. The Kier molecular flexibility index (Phi) is 2.55. The van der Waals surface area contributed by atoms with Crippen molar-refractivity contribution in [1.29, 1.82) is 0 Å². The molecule has 0 aliphatic rings. The van der Waals surface area contributed by atoms with Crippen LogP contribution in [0.2, 0.25) is 0 Å². The Morgan fingerprint density at radius 2 is 2.25 bits per heavy atom. The lowest BCUT2D eigenvalue weighted by Crippen LogP contribution is -2.05. The highest BCUT2D eigenvalue weighted by atomic mass is 35.5. The molecule has 84 valence electrons. The second kappa shape index (κ2) is 4.66. The molecule has 0 aromatic carbocycles. The number of alkyl halides is 1. The van der Waals surface area contributed by atoms with Crippen molar-refractivity contribution < 1.29 is 2.74 Å². The Bertz CT molecular complexity index is 546. The van der Waals surface area contributed by atoms with Crippen LogP contribution in [0, 0.1) is 0 Å². The molecule has 4 heteroatoms. The van der Waals surface area contributed by atoms with E-state index in [1.165, 1.54) is 6.20 Å². The van der Waals surface area contributed by atoms with Crippen LogP contribution in [0.15, 0.2) is 30.6 Å². The maximum atomic E-state index is 7.63. The second-order valence-electron chi connectivity index (χ2n) is 3.75. The second-order valence-corrected chi connectivity index (χ2v) is 3.94. The van der Waals surface area contributed by atoms with Crippen molar-refractivity contribution >= 4 is 11.6 Å². The van der Waals surface area contributed by atoms with Crippen LogP contribution < -0.4 is 0 Å². The van der Waals surface area contributed by atoms with E-state index in [9.17, 15) is 0 Å². The maximum Gasteiger partial charge on any atom is 0.0704 e. The van der Waals surface area contributed by atoms with Crippen LogP contribution in [0.5, 0.6) is 0 Å². The molecule has 2 aromatic rings. The lowest BCUT2D eigenvalue weighted by molar-refractivity contribution is 0.538. The number of hydrogen-bond acceptors (Lipinski definition) is 2. The molecule has 0 aliphatic heterocycles. The van der Waals surface area contributed by atoms with Crippen molar-refractivity contribution in [3.05, 3.63) is 36.3 Å². The molecule has 3 nitrogen and oxygen atoms in total. The third-order valence-corrected chi connectivity index (χ3v) is 2.51. The summed E-state index contributed by atoms with van der Waals surface area (Å²) in [5, 5.41) is 4.24. The van der Waals surface area contributed by atoms with Crippen molar-refractivity contribution in [3.63, 3.8) is 0 Å². The zero-order valence-corrected chi connectivity index (χ0v) is 9.94. The van der Waals surface area contributed by atoms with Crippen molar-refractivity contribution in [3.8, 4) is 11.3 Å². The molecule has 0 saturated heterocycles. The molecule has 0 N–H and O–H groups in total. The van der Waals surface area contributed by atoms with E-state index in [4.69, 9.17) is 14.3 Å². The van der Waals surface area contributed by atoms with Crippen LogP contribution in [-0.4, -0.2) is 14.8 Å². The summed E-state index contributed by atoms with van der Waals surface area (Å²) in [6.45, 7) is 4.03. The van der Waals surface area contributed by atoms with Gasteiger partial charge in [0.15, 0.2) is 0 Å². The summed E-state index contributed by atoms with van der Waals surface area (Å²) in [6.07, 6.45) is 3.23. The Morgan fingerprint density at radius 1 is 1.44 bits per heavy atom. The van der Waals surface area contributed by atoms with Crippen molar-refractivity contribution in [2.75, 3.05) is 0 Å². The molecule has 16 heavy (non-hydrogen) atoms. The van der Waals surface area contributed by atoms with Crippen molar-refractivity contribution in [2.24, 2.45) is 0 Å². The maximum absolute atomic E-state index is 7.63. The summed E-state index contributed by atoms with van der Waals surface area (Å²) >= 11 is 5.75. The monoisotopic (exact) mass is 237 g/mol. The molecular weight excluding hydrogens is 222 g/mol. The zero-order chi connectivity index (χ0) is 13.3. The van der Waals surface area contributed by atoms with E-state index in [0.29, 0.717) is 5.56 Å². The average Bonchev–Trinajstić information content (AvgIpc) is 2.76. The van der Waals surface area contributed by atoms with Gasteiger partial charge in [-0.2, -0.15) is 5.10 Å². The van der Waals surface area contributed by atoms with Gasteiger partial charge in [0.1, 0.15) is 0 Å². The van der Waals surface area contributed by atoms with E-state index in [-0.39, 0.29) is 11.7 Å². The molecule has 2 aromatic heterocycles. The minimum atomic E-state index is -2.00. The first-order valence-corrected chi connectivity index (χ1v) is 5.47. The molecule has 2 heterocycles. The van der Waals surface area contributed by atoms with Crippen LogP contribution in [0.4, 0.5) is 0 Å². The van der Waals surface area contributed by atoms with E-state index < -0.39 is 5.83 Å². The fraction of sp³-hybridized carbons (Fsp3) is 0.333. The number of aromatic nitrogens is 3. The molecule has 0 amide bonds. The van der Waals surface area contributed by atoms with E-state index in [0.717, 1.165) is 5.69 Å². The van der Waals surface area contributed by atoms with Gasteiger partial charge in [-0.3, -0.25) is 9.67 Å². The number of halogens is 1. The Balaban J connectivity index is 2.61. The standard InChI is InChI=1S/C12H14ClN3/c1-9(2)16-12(5-7-15-16)10-4-3-6-14-11(10)8-13/h3-7,9H,8H2,1-2H3/i8D2. The lowest BCUT2D eigenvalue weighted by atomic mass is 10.1. The number of hydrogen-bond donors (Lipinski definition) is 0.